The van der Waals surface area contributed by atoms with E-state index >= 15 is 0 Å². The zero-order valence-corrected chi connectivity index (χ0v) is 10.3. The maximum absolute atomic E-state index is 11.6. The Morgan fingerprint density at radius 3 is 2.26 bits per heavy atom. The first-order chi connectivity index (χ1) is 9.27. The summed E-state index contributed by atoms with van der Waals surface area (Å²) in [6, 6.07) is 18.2. The molecule has 0 aliphatic heterocycles. The minimum atomic E-state index is -1.27. The van der Waals surface area contributed by atoms with Crippen LogP contribution >= 0.6 is 0 Å². The molecule has 0 saturated carbocycles. The highest BCUT2D eigenvalue weighted by Gasteiger charge is 2.18. The van der Waals surface area contributed by atoms with Gasteiger partial charge in [0.2, 0.25) is 0 Å². The lowest BCUT2D eigenvalue weighted by Crippen LogP contribution is -2.24. The first kappa shape index (κ1) is 13.3. The van der Waals surface area contributed by atoms with Gasteiger partial charge in [0.05, 0.1) is 6.54 Å². The van der Waals surface area contributed by atoms with E-state index in [-0.39, 0.29) is 0 Å². The second kappa shape index (κ2) is 6.68. The van der Waals surface area contributed by atoms with E-state index in [4.69, 9.17) is 4.84 Å². The van der Waals surface area contributed by atoms with E-state index in [1.165, 1.54) is 0 Å². The van der Waals surface area contributed by atoms with Crippen molar-refractivity contribution in [2.75, 3.05) is 0 Å². The number of aliphatic hydroxyl groups excluding tert-OH is 1. The average Bonchev–Trinajstić information content (AvgIpc) is 2.48. The fourth-order valence-electron chi connectivity index (χ4n) is 1.61. The number of hydrogen-bond acceptors (Lipinski definition) is 4. The van der Waals surface area contributed by atoms with Gasteiger partial charge in [0.1, 0.15) is 0 Å². The molecule has 2 aromatic carbocycles. The van der Waals surface area contributed by atoms with Crippen molar-refractivity contribution in [1.29, 1.82) is 0 Å². The van der Waals surface area contributed by atoms with Gasteiger partial charge < -0.3 is 9.94 Å². The summed E-state index contributed by atoms with van der Waals surface area (Å²) in [7, 11) is 0. The van der Waals surface area contributed by atoms with Crippen LogP contribution in [-0.2, 0) is 16.2 Å². The SMILES string of the molecule is O=C(ONCc1ccccc1)C(O)c1ccccc1. The molecule has 0 radical (unpaired) electrons. The Balaban J connectivity index is 1.82. The Morgan fingerprint density at radius 2 is 1.63 bits per heavy atom. The van der Waals surface area contributed by atoms with Crippen LogP contribution in [0.15, 0.2) is 60.7 Å². The molecular formula is C15H15NO3. The maximum Gasteiger partial charge on any atom is 0.358 e. The maximum atomic E-state index is 11.6. The molecule has 0 aromatic heterocycles. The van der Waals surface area contributed by atoms with Gasteiger partial charge in [-0.3, -0.25) is 0 Å². The van der Waals surface area contributed by atoms with Gasteiger partial charge in [-0.2, -0.15) is 0 Å². The van der Waals surface area contributed by atoms with Gasteiger partial charge in [-0.05, 0) is 11.1 Å². The highest BCUT2D eigenvalue weighted by atomic mass is 16.7. The predicted molar refractivity (Wildman–Crippen MR) is 70.8 cm³/mol. The Morgan fingerprint density at radius 1 is 1.05 bits per heavy atom. The first-order valence-electron chi connectivity index (χ1n) is 5.98. The van der Waals surface area contributed by atoms with Gasteiger partial charge >= 0.3 is 5.97 Å². The van der Waals surface area contributed by atoms with Gasteiger partial charge in [0, 0.05) is 0 Å². The van der Waals surface area contributed by atoms with Gasteiger partial charge in [-0.25, -0.2) is 4.79 Å². The molecule has 4 heteroatoms. The third kappa shape index (κ3) is 3.91. The number of rotatable bonds is 5. The van der Waals surface area contributed by atoms with Gasteiger partial charge in [0.25, 0.3) is 0 Å². The zero-order valence-electron chi connectivity index (χ0n) is 10.3. The van der Waals surface area contributed by atoms with Crippen LogP contribution in [0.2, 0.25) is 0 Å². The standard InChI is InChI=1S/C15H15NO3/c17-14(13-9-5-2-6-10-13)15(18)19-16-11-12-7-3-1-4-8-12/h1-10,14,16-17H,11H2. The van der Waals surface area contributed by atoms with E-state index < -0.39 is 12.1 Å². The van der Waals surface area contributed by atoms with Crippen molar-refractivity contribution in [1.82, 2.24) is 5.48 Å². The molecule has 1 unspecified atom stereocenters. The van der Waals surface area contributed by atoms with E-state index in [1.807, 2.05) is 36.4 Å². The highest BCUT2D eigenvalue weighted by molar-refractivity contribution is 5.75. The molecule has 0 bridgehead atoms. The molecular weight excluding hydrogens is 242 g/mol. The van der Waals surface area contributed by atoms with Crippen LogP contribution in [0.4, 0.5) is 0 Å². The third-order valence-corrected chi connectivity index (χ3v) is 2.63. The van der Waals surface area contributed by atoms with Gasteiger partial charge in [0.15, 0.2) is 6.10 Å². The van der Waals surface area contributed by atoms with Crippen molar-refractivity contribution in [3.63, 3.8) is 0 Å². The van der Waals surface area contributed by atoms with Crippen molar-refractivity contribution < 1.29 is 14.7 Å². The van der Waals surface area contributed by atoms with E-state index in [2.05, 4.69) is 5.48 Å². The zero-order chi connectivity index (χ0) is 13.5. The molecule has 2 rings (SSSR count). The molecule has 2 aromatic rings. The molecule has 0 amide bonds. The summed E-state index contributed by atoms with van der Waals surface area (Å²) < 4.78 is 0. The van der Waals surface area contributed by atoms with Crippen molar-refractivity contribution in [3.8, 4) is 0 Å². The van der Waals surface area contributed by atoms with Crippen LogP contribution < -0.4 is 5.48 Å². The lowest BCUT2D eigenvalue weighted by Gasteiger charge is -2.11. The number of nitrogens with one attached hydrogen (secondary N) is 1. The van der Waals surface area contributed by atoms with Crippen molar-refractivity contribution in [2.45, 2.75) is 12.6 Å². The van der Waals surface area contributed by atoms with Gasteiger partial charge in [-0.15, -0.1) is 5.48 Å². The Bertz CT molecular complexity index is 513. The summed E-state index contributed by atoms with van der Waals surface area (Å²) in [5.74, 6) is -0.720. The van der Waals surface area contributed by atoms with E-state index in [9.17, 15) is 9.90 Å². The minimum Gasteiger partial charge on any atom is -0.377 e. The minimum absolute atomic E-state index is 0.397. The Labute approximate surface area is 111 Å². The van der Waals surface area contributed by atoms with Crippen LogP contribution in [0.3, 0.4) is 0 Å². The quantitative estimate of drug-likeness (QED) is 0.804. The number of carbonyl (C=O) groups is 1. The second-order valence-electron chi connectivity index (χ2n) is 4.04. The lowest BCUT2D eigenvalue weighted by molar-refractivity contribution is -0.162. The summed E-state index contributed by atoms with van der Waals surface area (Å²) >= 11 is 0. The van der Waals surface area contributed by atoms with Crippen LogP contribution in [0.1, 0.15) is 17.2 Å². The van der Waals surface area contributed by atoms with Crippen LogP contribution in [-0.4, -0.2) is 11.1 Å². The first-order valence-corrected chi connectivity index (χ1v) is 5.98. The molecule has 0 fully saturated rings. The normalized spacial score (nSPS) is 11.8. The largest absolute Gasteiger partial charge is 0.377 e. The molecule has 0 heterocycles. The number of carbonyl (C=O) groups excluding carboxylic acids is 1. The topological polar surface area (TPSA) is 58.6 Å². The molecule has 19 heavy (non-hydrogen) atoms. The number of aliphatic hydroxyl groups is 1. The summed E-state index contributed by atoms with van der Waals surface area (Å²) in [6.07, 6.45) is -1.27. The van der Waals surface area contributed by atoms with Crippen molar-refractivity contribution >= 4 is 5.97 Å². The van der Waals surface area contributed by atoms with Crippen molar-refractivity contribution in [2.24, 2.45) is 0 Å². The Hall–Kier alpha value is -2.17. The summed E-state index contributed by atoms with van der Waals surface area (Å²) in [6.45, 7) is 0.397. The highest BCUT2D eigenvalue weighted by Crippen LogP contribution is 2.13. The molecule has 0 aliphatic rings. The fraction of sp³-hybridized carbons (Fsp3) is 0.133. The number of hydroxylamine groups is 1. The number of benzene rings is 2. The Kier molecular flexibility index (Phi) is 4.66. The van der Waals surface area contributed by atoms with Gasteiger partial charge in [-0.1, -0.05) is 60.7 Å². The molecule has 4 nitrogen and oxygen atoms in total. The molecule has 0 spiro atoms. The van der Waals surface area contributed by atoms with E-state index in [0.717, 1.165) is 5.56 Å². The van der Waals surface area contributed by atoms with E-state index in [0.29, 0.717) is 12.1 Å². The number of hydrogen-bond donors (Lipinski definition) is 2. The third-order valence-electron chi connectivity index (χ3n) is 2.63. The second-order valence-corrected chi connectivity index (χ2v) is 4.04. The molecule has 0 aliphatic carbocycles. The van der Waals surface area contributed by atoms with E-state index in [1.54, 1.807) is 24.3 Å². The average molecular weight is 257 g/mol. The van der Waals surface area contributed by atoms with Crippen LogP contribution in [0.5, 0.6) is 0 Å². The smallest absolute Gasteiger partial charge is 0.358 e. The summed E-state index contributed by atoms with van der Waals surface area (Å²) in [5, 5.41) is 9.77. The fourth-order valence-corrected chi connectivity index (χ4v) is 1.61. The summed E-state index contributed by atoms with van der Waals surface area (Å²) in [4.78, 5) is 16.4. The van der Waals surface area contributed by atoms with Crippen LogP contribution in [0.25, 0.3) is 0 Å². The monoisotopic (exact) mass is 257 g/mol. The molecule has 98 valence electrons. The van der Waals surface area contributed by atoms with Crippen LogP contribution in [0, 0.1) is 0 Å². The molecule has 0 saturated heterocycles. The lowest BCUT2D eigenvalue weighted by atomic mass is 10.1. The van der Waals surface area contributed by atoms with Crippen molar-refractivity contribution in [3.05, 3.63) is 71.8 Å². The summed E-state index contributed by atoms with van der Waals surface area (Å²) in [5.41, 5.74) is 4.04. The molecule has 1 atom stereocenters. The predicted octanol–water partition coefficient (Wildman–Crippen LogP) is 1.97. The molecule has 2 N–H and O–H groups in total.